The zero-order chi connectivity index (χ0) is 12.1. The molecule has 0 saturated carbocycles. The molecule has 0 aliphatic heterocycles. The number of hydrogen-bond donors (Lipinski definition) is 0. The van der Waals surface area contributed by atoms with Gasteiger partial charge in [-0.2, -0.15) is 0 Å². The van der Waals surface area contributed by atoms with E-state index in [4.69, 9.17) is 0 Å². The van der Waals surface area contributed by atoms with E-state index in [9.17, 15) is 14.9 Å². The van der Waals surface area contributed by atoms with Crippen molar-refractivity contribution in [3.63, 3.8) is 0 Å². The molecule has 5 nitrogen and oxygen atoms in total. The molecule has 0 spiro atoms. The predicted octanol–water partition coefficient (Wildman–Crippen LogP) is 1.37. The quantitative estimate of drug-likeness (QED) is 0.436. The molecule has 0 radical (unpaired) electrons. The summed E-state index contributed by atoms with van der Waals surface area (Å²) in [7, 11) is 3.67. The van der Waals surface area contributed by atoms with Crippen LogP contribution in [0.4, 0.5) is 5.69 Å². The van der Waals surface area contributed by atoms with Crippen LogP contribution in [-0.4, -0.2) is 36.4 Å². The molecule has 0 N–H and O–H groups in total. The summed E-state index contributed by atoms with van der Waals surface area (Å²) >= 11 is 0. The Kier molecular flexibility index (Phi) is 3.94. The Bertz CT molecular complexity index is 431. The Labute approximate surface area is 93.1 Å². The van der Waals surface area contributed by atoms with Crippen LogP contribution in [0.2, 0.25) is 0 Å². The molecule has 16 heavy (non-hydrogen) atoms. The summed E-state index contributed by atoms with van der Waals surface area (Å²) in [5, 5.41) is 10.4. The molecule has 0 aliphatic rings. The smallest absolute Gasteiger partial charge is 0.269 e. The minimum atomic E-state index is -0.472. The molecule has 0 heterocycles. The summed E-state index contributed by atoms with van der Waals surface area (Å²) in [6.07, 6.45) is 0. The lowest BCUT2D eigenvalue weighted by molar-refractivity contribution is -0.384. The van der Waals surface area contributed by atoms with Gasteiger partial charge in [-0.15, -0.1) is 0 Å². The topological polar surface area (TPSA) is 63.5 Å². The summed E-state index contributed by atoms with van der Waals surface area (Å²) < 4.78 is 0. The molecule has 84 valence electrons. The van der Waals surface area contributed by atoms with Crippen LogP contribution in [0.3, 0.4) is 0 Å². The number of hydrogen-bond acceptors (Lipinski definition) is 4. The fraction of sp³-hybridized carbons (Fsp3) is 0.273. The van der Waals surface area contributed by atoms with Gasteiger partial charge in [0, 0.05) is 18.7 Å². The predicted molar refractivity (Wildman–Crippen MR) is 60.8 cm³/mol. The Morgan fingerprint density at radius 1 is 1.38 bits per heavy atom. The third-order valence-corrected chi connectivity index (χ3v) is 2.02. The highest BCUT2D eigenvalue weighted by Gasteiger charge is 2.08. The second kappa shape index (κ2) is 5.21. The summed E-state index contributed by atoms with van der Waals surface area (Å²) in [5.41, 5.74) is 1.16. The van der Waals surface area contributed by atoms with Gasteiger partial charge >= 0.3 is 0 Å². The summed E-state index contributed by atoms with van der Waals surface area (Å²) in [6.45, 7) is 0.460. The number of nitro groups is 1. The number of carbonyl (C=O) groups excluding carboxylic acids is 1. The van der Waals surface area contributed by atoms with Gasteiger partial charge in [0.15, 0.2) is 0 Å². The first-order chi connectivity index (χ1) is 7.54. The molecule has 1 rings (SSSR count). The molecule has 5 heteroatoms. The van der Waals surface area contributed by atoms with Crippen molar-refractivity contribution >= 4 is 17.2 Å². The average molecular weight is 220 g/mol. The zero-order valence-corrected chi connectivity index (χ0v) is 9.14. The first kappa shape index (κ1) is 12.1. The van der Waals surface area contributed by atoms with Crippen LogP contribution in [0.1, 0.15) is 5.56 Å². The number of benzene rings is 1. The lowest BCUT2D eigenvalue weighted by atomic mass is 10.1. The second-order valence-electron chi connectivity index (χ2n) is 3.62. The Morgan fingerprint density at radius 2 is 1.94 bits per heavy atom. The first-order valence-corrected chi connectivity index (χ1v) is 4.68. The summed E-state index contributed by atoms with van der Waals surface area (Å²) in [6, 6.07) is 5.87. The van der Waals surface area contributed by atoms with E-state index in [1.165, 1.54) is 12.1 Å². The SMILES string of the molecule is CN(C)CC(=C=O)c1ccc([N+](=O)[O-])cc1. The average Bonchev–Trinajstić information content (AvgIpc) is 2.25. The summed E-state index contributed by atoms with van der Waals surface area (Å²) in [5.74, 6) is 1.85. The lowest BCUT2D eigenvalue weighted by Gasteiger charge is -2.10. The minimum absolute atomic E-state index is 0.0128. The number of nitrogens with zero attached hydrogens (tertiary/aromatic N) is 2. The van der Waals surface area contributed by atoms with Gasteiger partial charge in [-0.1, -0.05) is 0 Å². The van der Waals surface area contributed by atoms with Crippen molar-refractivity contribution in [1.82, 2.24) is 4.90 Å². The third kappa shape index (κ3) is 3.02. The van der Waals surface area contributed by atoms with Gasteiger partial charge in [0.05, 0.1) is 10.5 Å². The van der Waals surface area contributed by atoms with Crippen molar-refractivity contribution in [3.05, 3.63) is 39.9 Å². The Balaban J connectivity index is 2.96. The molecular weight excluding hydrogens is 208 g/mol. The number of non-ortho nitro benzene ring substituents is 1. The highest BCUT2D eigenvalue weighted by atomic mass is 16.6. The summed E-state index contributed by atoms with van der Waals surface area (Å²) in [4.78, 5) is 22.5. The number of likely N-dealkylation sites (N-methyl/N-ethyl adjacent to an activating group) is 1. The molecule has 0 unspecified atom stereocenters. The maximum Gasteiger partial charge on any atom is 0.269 e. The minimum Gasteiger partial charge on any atom is -0.304 e. The van der Waals surface area contributed by atoms with Crippen molar-refractivity contribution in [2.45, 2.75) is 0 Å². The van der Waals surface area contributed by atoms with Crippen LogP contribution >= 0.6 is 0 Å². The molecular formula is C11H12N2O3. The van der Waals surface area contributed by atoms with Crippen LogP contribution < -0.4 is 0 Å². The molecule has 0 saturated heterocycles. The van der Waals surface area contributed by atoms with Crippen molar-refractivity contribution in [1.29, 1.82) is 0 Å². The van der Waals surface area contributed by atoms with E-state index in [2.05, 4.69) is 0 Å². The highest BCUT2D eigenvalue weighted by Crippen LogP contribution is 2.17. The standard InChI is InChI=1S/C11H12N2O3/c1-12(2)7-10(8-14)9-3-5-11(6-4-9)13(15)16/h3-6H,7H2,1-2H3. The number of nitro benzene ring substituents is 1. The fourth-order valence-electron chi connectivity index (χ4n) is 1.28. The normalized spacial score (nSPS) is 9.94. The molecule has 0 atom stereocenters. The van der Waals surface area contributed by atoms with Gasteiger partial charge in [-0.05, 0) is 31.8 Å². The zero-order valence-electron chi connectivity index (χ0n) is 9.14. The van der Waals surface area contributed by atoms with E-state index in [1.807, 2.05) is 24.9 Å². The van der Waals surface area contributed by atoms with Crippen LogP contribution in [0.15, 0.2) is 24.3 Å². The van der Waals surface area contributed by atoms with E-state index < -0.39 is 4.92 Å². The molecule has 0 aromatic heterocycles. The van der Waals surface area contributed by atoms with Crippen molar-refractivity contribution in [2.24, 2.45) is 0 Å². The molecule has 0 bridgehead atoms. The van der Waals surface area contributed by atoms with Gasteiger partial charge in [0.25, 0.3) is 5.69 Å². The largest absolute Gasteiger partial charge is 0.304 e. The van der Waals surface area contributed by atoms with Gasteiger partial charge in [0.2, 0.25) is 0 Å². The van der Waals surface area contributed by atoms with Gasteiger partial charge in [-0.25, -0.2) is 4.79 Å². The molecule has 0 fully saturated rings. The third-order valence-electron chi connectivity index (χ3n) is 2.02. The van der Waals surface area contributed by atoms with Crippen LogP contribution in [0.25, 0.3) is 5.57 Å². The van der Waals surface area contributed by atoms with E-state index in [0.717, 1.165) is 0 Å². The Hall–Kier alpha value is -1.97. The lowest BCUT2D eigenvalue weighted by Crippen LogP contribution is -2.14. The second-order valence-corrected chi connectivity index (χ2v) is 3.62. The molecule has 0 aliphatic carbocycles. The van der Waals surface area contributed by atoms with Crippen LogP contribution in [0.5, 0.6) is 0 Å². The van der Waals surface area contributed by atoms with Crippen molar-refractivity contribution < 1.29 is 9.72 Å². The van der Waals surface area contributed by atoms with E-state index >= 15 is 0 Å². The van der Waals surface area contributed by atoms with Gasteiger partial charge in [-0.3, -0.25) is 10.1 Å². The van der Waals surface area contributed by atoms with Gasteiger partial charge in [0.1, 0.15) is 5.94 Å². The number of rotatable bonds is 4. The van der Waals surface area contributed by atoms with Crippen LogP contribution in [0, 0.1) is 10.1 Å². The highest BCUT2D eigenvalue weighted by molar-refractivity contribution is 5.88. The van der Waals surface area contributed by atoms with E-state index in [1.54, 1.807) is 12.1 Å². The first-order valence-electron chi connectivity index (χ1n) is 4.68. The van der Waals surface area contributed by atoms with E-state index in [0.29, 0.717) is 17.7 Å². The van der Waals surface area contributed by atoms with Crippen LogP contribution in [-0.2, 0) is 4.79 Å². The van der Waals surface area contributed by atoms with Gasteiger partial charge < -0.3 is 4.90 Å². The van der Waals surface area contributed by atoms with Crippen molar-refractivity contribution in [2.75, 3.05) is 20.6 Å². The maximum atomic E-state index is 10.7. The van der Waals surface area contributed by atoms with E-state index in [-0.39, 0.29) is 5.69 Å². The fourth-order valence-corrected chi connectivity index (χ4v) is 1.28. The molecule has 1 aromatic carbocycles. The Morgan fingerprint density at radius 3 is 2.31 bits per heavy atom. The molecule has 0 amide bonds. The maximum absolute atomic E-state index is 10.7. The van der Waals surface area contributed by atoms with Crippen molar-refractivity contribution in [3.8, 4) is 0 Å². The molecule has 1 aromatic rings. The monoisotopic (exact) mass is 220 g/mol.